The molecule has 0 saturated carbocycles. The first-order valence-electron chi connectivity index (χ1n) is 3.60. The smallest absolute Gasteiger partial charge is 0.240 e. The van der Waals surface area contributed by atoms with Crippen molar-refractivity contribution in [3.63, 3.8) is 0 Å². The van der Waals surface area contributed by atoms with Gasteiger partial charge in [-0.25, -0.2) is 0 Å². The first-order valence-corrected chi connectivity index (χ1v) is 3.60. The molecule has 0 aliphatic rings. The molecular weight excluding hydrogens is 160 g/mol. The average Bonchev–Trinajstić information content (AvgIpc) is 2.03. The molecule has 0 unspecified atom stereocenters. The first kappa shape index (κ1) is 10.9. The van der Waals surface area contributed by atoms with Crippen LogP contribution in [-0.2, 0) is 9.59 Å². The molecule has 0 aromatic carbocycles. The van der Waals surface area contributed by atoms with Gasteiger partial charge in [0.2, 0.25) is 11.8 Å². The number of rotatable bonds is 5. The van der Waals surface area contributed by atoms with E-state index < -0.39 is 17.9 Å². The van der Waals surface area contributed by atoms with Gasteiger partial charge in [0.25, 0.3) is 0 Å². The molecule has 0 bridgehead atoms. The molecule has 2 amide bonds. The molecule has 0 saturated heterocycles. The number of amides is 2. The van der Waals surface area contributed by atoms with E-state index in [4.69, 9.17) is 17.2 Å². The van der Waals surface area contributed by atoms with Crippen molar-refractivity contribution in [2.45, 2.75) is 12.5 Å². The van der Waals surface area contributed by atoms with Crippen molar-refractivity contribution < 1.29 is 9.59 Å². The quantitative estimate of drug-likeness (QED) is 0.361. The van der Waals surface area contributed by atoms with Crippen molar-refractivity contribution in [3.8, 4) is 0 Å². The second kappa shape index (κ2) is 5.50. The normalized spacial score (nSPS) is 12.2. The minimum atomic E-state index is -0.703. The topological polar surface area (TPSA) is 124 Å². The molecular formula is C6H14N4O2. The number of carbonyl (C=O) groups is 2. The first-order chi connectivity index (χ1) is 5.61. The highest BCUT2D eigenvalue weighted by molar-refractivity contribution is 5.87. The lowest BCUT2D eigenvalue weighted by Gasteiger charge is -2.13. The molecule has 7 N–H and O–H groups in total. The number of hydrogen-bond acceptors (Lipinski definition) is 4. The van der Waals surface area contributed by atoms with E-state index in [2.05, 4.69) is 5.32 Å². The molecule has 0 heterocycles. The van der Waals surface area contributed by atoms with Gasteiger partial charge in [0.15, 0.2) is 0 Å². The van der Waals surface area contributed by atoms with Gasteiger partial charge in [-0.1, -0.05) is 0 Å². The van der Waals surface area contributed by atoms with Gasteiger partial charge < -0.3 is 22.5 Å². The van der Waals surface area contributed by atoms with Gasteiger partial charge in [-0.05, 0) is 13.0 Å². The van der Waals surface area contributed by atoms with E-state index in [0.717, 1.165) is 0 Å². The Bertz CT molecular complexity index is 169. The number of nitrogens with two attached hydrogens (primary N) is 3. The molecule has 0 rings (SSSR count). The zero-order valence-corrected chi connectivity index (χ0v) is 6.75. The molecule has 0 aliphatic heterocycles. The maximum absolute atomic E-state index is 10.7. The molecule has 70 valence electrons. The van der Waals surface area contributed by atoms with Gasteiger partial charge >= 0.3 is 0 Å². The maximum Gasteiger partial charge on any atom is 0.240 e. The summed E-state index contributed by atoms with van der Waals surface area (Å²) in [6.07, 6.45) is 0.334. The fourth-order valence-corrected chi connectivity index (χ4v) is 0.705. The summed E-state index contributed by atoms with van der Waals surface area (Å²) >= 11 is 0. The molecule has 0 aliphatic carbocycles. The van der Waals surface area contributed by atoms with Crippen LogP contribution in [0.3, 0.4) is 0 Å². The summed E-state index contributed by atoms with van der Waals surface area (Å²) in [4.78, 5) is 21.4. The molecule has 0 radical (unpaired) electrons. The van der Waals surface area contributed by atoms with Gasteiger partial charge in [0.05, 0.1) is 6.54 Å². The Kier molecular flexibility index (Phi) is 4.98. The van der Waals surface area contributed by atoms with Crippen LogP contribution in [0.15, 0.2) is 0 Å². The van der Waals surface area contributed by atoms with E-state index in [9.17, 15) is 9.59 Å². The number of carbonyl (C=O) groups excluding carboxylic acids is 2. The van der Waals surface area contributed by atoms with Gasteiger partial charge in [-0.3, -0.25) is 9.59 Å². The summed E-state index contributed by atoms with van der Waals surface area (Å²) in [5.41, 5.74) is 15.2. The van der Waals surface area contributed by atoms with Crippen LogP contribution in [0.25, 0.3) is 0 Å². The lowest BCUT2D eigenvalue weighted by Crippen LogP contribution is -2.47. The fraction of sp³-hybridized carbons (Fsp3) is 0.667. The summed E-state index contributed by atoms with van der Waals surface area (Å²) in [7, 11) is 0. The van der Waals surface area contributed by atoms with Crippen molar-refractivity contribution in [2.75, 3.05) is 13.1 Å². The lowest BCUT2D eigenvalue weighted by atomic mass is 10.2. The third kappa shape index (κ3) is 3.89. The number of nitrogens with one attached hydrogen (secondary N) is 1. The number of hydrogen-bond donors (Lipinski definition) is 4. The molecule has 0 aromatic heterocycles. The van der Waals surface area contributed by atoms with E-state index in [1.165, 1.54) is 0 Å². The molecule has 6 nitrogen and oxygen atoms in total. The average molecular weight is 174 g/mol. The van der Waals surface area contributed by atoms with E-state index in [0.29, 0.717) is 13.0 Å². The highest BCUT2D eigenvalue weighted by atomic mass is 16.2. The Morgan fingerprint density at radius 2 is 1.92 bits per heavy atom. The molecule has 0 fully saturated rings. The fourth-order valence-electron chi connectivity index (χ4n) is 0.705. The highest BCUT2D eigenvalue weighted by Gasteiger charge is 2.15. The van der Waals surface area contributed by atoms with Crippen molar-refractivity contribution >= 4 is 11.8 Å². The zero-order chi connectivity index (χ0) is 9.56. The largest absolute Gasteiger partial charge is 0.368 e. The minimum Gasteiger partial charge on any atom is -0.368 e. The van der Waals surface area contributed by atoms with E-state index in [1.807, 2.05) is 0 Å². The molecule has 0 spiro atoms. The highest BCUT2D eigenvalue weighted by Crippen LogP contribution is 1.87. The second-order valence-electron chi connectivity index (χ2n) is 2.30. The molecule has 6 heteroatoms. The predicted octanol–water partition coefficient (Wildman–Crippen LogP) is -2.74. The minimum absolute atomic E-state index is 0.158. The van der Waals surface area contributed by atoms with Gasteiger partial charge in [-0.2, -0.15) is 0 Å². The summed E-state index contributed by atoms with van der Waals surface area (Å²) in [5.74, 6) is -1.01. The van der Waals surface area contributed by atoms with Gasteiger partial charge in [0.1, 0.15) is 6.04 Å². The third-order valence-corrected chi connectivity index (χ3v) is 1.32. The van der Waals surface area contributed by atoms with Crippen molar-refractivity contribution in [1.29, 1.82) is 0 Å². The van der Waals surface area contributed by atoms with E-state index >= 15 is 0 Å². The van der Waals surface area contributed by atoms with Crippen LogP contribution >= 0.6 is 0 Å². The van der Waals surface area contributed by atoms with Crippen LogP contribution in [0.5, 0.6) is 0 Å². The third-order valence-electron chi connectivity index (χ3n) is 1.32. The Morgan fingerprint density at radius 3 is 2.25 bits per heavy atom. The summed E-state index contributed by atoms with van der Waals surface area (Å²) in [6, 6.07) is -0.703. The standard InChI is InChI=1S/C6H14N4O2/c7-2-1-4(6(9)12)10-5(11)3-8/h4H,1-3,7-8H2,(H2,9,12)(H,10,11)/t4-/m0/s1. The Hall–Kier alpha value is -1.14. The van der Waals surface area contributed by atoms with E-state index in [1.54, 1.807) is 0 Å². The summed E-state index contributed by atoms with van der Waals surface area (Å²) in [5, 5.41) is 2.35. The van der Waals surface area contributed by atoms with Gasteiger partial charge in [-0.15, -0.1) is 0 Å². The van der Waals surface area contributed by atoms with Crippen LogP contribution < -0.4 is 22.5 Å². The van der Waals surface area contributed by atoms with Crippen LogP contribution in [0, 0.1) is 0 Å². The summed E-state index contributed by atoms with van der Waals surface area (Å²) < 4.78 is 0. The SMILES string of the molecule is NCC[C@H](NC(=O)CN)C(N)=O. The van der Waals surface area contributed by atoms with Crippen LogP contribution in [-0.4, -0.2) is 30.9 Å². The second-order valence-corrected chi connectivity index (χ2v) is 2.30. The predicted molar refractivity (Wildman–Crippen MR) is 43.9 cm³/mol. The Balaban J connectivity index is 3.95. The Morgan fingerprint density at radius 1 is 1.33 bits per heavy atom. The molecule has 0 aromatic rings. The van der Waals surface area contributed by atoms with Gasteiger partial charge in [0, 0.05) is 0 Å². The van der Waals surface area contributed by atoms with Crippen LogP contribution in [0.4, 0.5) is 0 Å². The zero-order valence-electron chi connectivity index (χ0n) is 6.75. The maximum atomic E-state index is 10.7. The molecule has 1 atom stereocenters. The molecule has 12 heavy (non-hydrogen) atoms. The van der Waals surface area contributed by atoms with Crippen molar-refractivity contribution in [3.05, 3.63) is 0 Å². The monoisotopic (exact) mass is 174 g/mol. The van der Waals surface area contributed by atoms with E-state index in [-0.39, 0.29) is 6.54 Å². The summed E-state index contributed by atoms with van der Waals surface area (Å²) in [6.45, 7) is 0.132. The van der Waals surface area contributed by atoms with Crippen molar-refractivity contribution in [2.24, 2.45) is 17.2 Å². The number of primary amides is 1. The van der Waals surface area contributed by atoms with Crippen molar-refractivity contribution in [1.82, 2.24) is 5.32 Å². The van der Waals surface area contributed by atoms with Crippen LogP contribution in [0.2, 0.25) is 0 Å². The lowest BCUT2D eigenvalue weighted by molar-refractivity contribution is -0.126. The Labute approximate surface area is 70.5 Å². The van der Waals surface area contributed by atoms with Crippen LogP contribution in [0.1, 0.15) is 6.42 Å².